The van der Waals surface area contributed by atoms with Gasteiger partial charge in [0, 0.05) is 12.0 Å². The maximum absolute atomic E-state index is 13.0. The van der Waals surface area contributed by atoms with Gasteiger partial charge in [0.15, 0.2) is 0 Å². The van der Waals surface area contributed by atoms with E-state index in [9.17, 15) is 4.79 Å². The number of carbonyl (C=O) groups excluding carboxylic acids is 1. The van der Waals surface area contributed by atoms with Crippen LogP contribution in [-0.2, 0) is 5.41 Å². The number of amides is 2. The molecule has 0 bridgehead atoms. The summed E-state index contributed by atoms with van der Waals surface area (Å²) in [7, 11) is 1.66. The average Bonchev–Trinajstić information content (AvgIpc) is 2.98. The van der Waals surface area contributed by atoms with Crippen LogP contribution in [0.1, 0.15) is 63.1 Å². The zero-order chi connectivity index (χ0) is 19.4. The van der Waals surface area contributed by atoms with Gasteiger partial charge in [-0.15, -0.1) is 10.2 Å². The molecular weight excluding hydrogens is 360 g/mol. The Hall–Kier alpha value is -2.15. The second-order valence-electron chi connectivity index (χ2n) is 7.92. The molecule has 1 aliphatic rings. The van der Waals surface area contributed by atoms with Gasteiger partial charge in [-0.2, -0.15) is 0 Å². The first-order valence-electron chi connectivity index (χ1n) is 9.44. The van der Waals surface area contributed by atoms with Crippen LogP contribution in [0.25, 0.3) is 0 Å². The summed E-state index contributed by atoms with van der Waals surface area (Å²) in [6, 6.07) is 7.98. The van der Waals surface area contributed by atoms with E-state index in [0.717, 1.165) is 48.5 Å². The van der Waals surface area contributed by atoms with Crippen LogP contribution in [0.3, 0.4) is 0 Å². The van der Waals surface area contributed by atoms with Gasteiger partial charge in [0.1, 0.15) is 10.8 Å². The molecule has 1 aliphatic heterocycles. The lowest BCUT2D eigenvalue weighted by atomic mass is 9.98. The van der Waals surface area contributed by atoms with Gasteiger partial charge < -0.3 is 9.64 Å². The highest BCUT2D eigenvalue weighted by Crippen LogP contribution is 2.32. The molecule has 1 atom stereocenters. The number of aromatic nitrogens is 2. The highest BCUT2D eigenvalue weighted by molar-refractivity contribution is 7.15. The topological polar surface area (TPSA) is 67.3 Å². The Morgan fingerprint density at radius 2 is 1.93 bits per heavy atom. The zero-order valence-electron chi connectivity index (χ0n) is 16.5. The third kappa shape index (κ3) is 4.77. The van der Waals surface area contributed by atoms with E-state index in [0.29, 0.717) is 5.13 Å². The molecule has 1 fully saturated rings. The van der Waals surface area contributed by atoms with E-state index in [1.807, 2.05) is 17.0 Å². The minimum atomic E-state index is -0.102. The molecule has 0 radical (unpaired) electrons. The Morgan fingerprint density at radius 3 is 2.56 bits per heavy atom. The smallest absolute Gasteiger partial charge is 0.324 e. The lowest BCUT2D eigenvalue weighted by Gasteiger charge is -2.30. The van der Waals surface area contributed by atoms with Crippen LogP contribution < -0.4 is 10.1 Å². The van der Waals surface area contributed by atoms with Gasteiger partial charge in [0.2, 0.25) is 5.13 Å². The summed E-state index contributed by atoms with van der Waals surface area (Å²) >= 11 is 1.44. The summed E-state index contributed by atoms with van der Waals surface area (Å²) in [5.41, 5.74) is 1.06. The molecule has 1 N–H and O–H groups in total. The Balaban J connectivity index is 1.77. The summed E-state index contributed by atoms with van der Waals surface area (Å²) in [5.74, 6) is 0.826. The van der Waals surface area contributed by atoms with Crippen LogP contribution in [0.2, 0.25) is 0 Å². The fourth-order valence-electron chi connectivity index (χ4n) is 3.26. The fourth-order valence-corrected chi connectivity index (χ4v) is 4.06. The van der Waals surface area contributed by atoms with E-state index >= 15 is 0 Å². The predicted molar refractivity (Wildman–Crippen MR) is 109 cm³/mol. The molecule has 0 saturated carbocycles. The van der Waals surface area contributed by atoms with Gasteiger partial charge in [0.05, 0.1) is 13.2 Å². The Labute approximate surface area is 164 Å². The Bertz CT molecular complexity index is 767. The molecule has 0 spiro atoms. The molecule has 2 amide bonds. The number of methoxy groups -OCH3 is 1. The van der Waals surface area contributed by atoms with Crippen molar-refractivity contribution in [2.75, 3.05) is 19.0 Å². The zero-order valence-corrected chi connectivity index (χ0v) is 17.3. The first-order valence-corrected chi connectivity index (χ1v) is 10.3. The van der Waals surface area contributed by atoms with Crippen molar-refractivity contribution in [3.05, 3.63) is 34.8 Å². The molecule has 1 saturated heterocycles. The predicted octanol–water partition coefficient (Wildman–Crippen LogP) is 4.99. The van der Waals surface area contributed by atoms with Gasteiger partial charge in [-0.3, -0.25) is 5.32 Å². The van der Waals surface area contributed by atoms with E-state index in [4.69, 9.17) is 4.74 Å². The summed E-state index contributed by atoms with van der Waals surface area (Å²) in [6.45, 7) is 7.02. The largest absolute Gasteiger partial charge is 0.497 e. The monoisotopic (exact) mass is 388 g/mol. The van der Waals surface area contributed by atoms with Gasteiger partial charge in [-0.1, -0.05) is 57.1 Å². The van der Waals surface area contributed by atoms with E-state index in [-0.39, 0.29) is 17.5 Å². The van der Waals surface area contributed by atoms with Crippen LogP contribution in [0.15, 0.2) is 24.3 Å². The second-order valence-corrected chi connectivity index (χ2v) is 8.90. The number of ether oxygens (including phenoxy) is 1. The minimum Gasteiger partial charge on any atom is -0.497 e. The lowest BCUT2D eigenvalue weighted by molar-refractivity contribution is 0.189. The molecule has 6 nitrogen and oxygen atoms in total. The second kappa shape index (κ2) is 8.25. The van der Waals surface area contributed by atoms with E-state index in [2.05, 4.69) is 48.4 Å². The van der Waals surface area contributed by atoms with E-state index in [1.165, 1.54) is 11.3 Å². The third-order valence-corrected chi connectivity index (χ3v) is 6.06. The van der Waals surface area contributed by atoms with Crippen LogP contribution in [0, 0.1) is 0 Å². The molecule has 0 aliphatic carbocycles. The number of hydrogen-bond acceptors (Lipinski definition) is 5. The van der Waals surface area contributed by atoms with Gasteiger partial charge in [-0.25, -0.2) is 4.79 Å². The molecule has 7 heteroatoms. The van der Waals surface area contributed by atoms with Crippen molar-refractivity contribution in [3.8, 4) is 5.75 Å². The van der Waals surface area contributed by atoms with Gasteiger partial charge >= 0.3 is 6.03 Å². The fraction of sp³-hybridized carbons (Fsp3) is 0.550. The molecule has 3 rings (SSSR count). The first-order chi connectivity index (χ1) is 12.9. The number of nitrogens with one attached hydrogen (secondary N) is 1. The summed E-state index contributed by atoms with van der Waals surface area (Å²) in [6.07, 6.45) is 4.24. The number of nitrogens with zero attached hydrogens (tertiary/aromatic N) is 3. The van der Waals surface area contributed by atoms with Gasteiger partial charge in [-0.05, 0) is 30.5 Å². The first kappa shape index (κ1) is 19.6. The minimum absolute atomic E-state index is 0.0633. The number of carbonyl (C=O) groups is 1. The molecule has 2 aromatic rings. The SMILES string of the molecule is COc1ccc(C2CCCCCN2C(=O)Nc2nnc(C(C)(C)C)s2)cc1. The molecular formula is C20H28N4O2S. The van der Waals surface area contributed by atoms with Crippen molar-refractivity contribution < 1.29 is 9.53 Å². The number of rotatable bonds is 3. The summed E-state index contributed by atoms with van der Waals surface area (Å²) < 4.78 is 5.26. The third-order valence-electron chi connectivity index (χ3n) is 4.79. The summed E-state index contributed by atoms with van der Waals surface area (Å²) in [4.78, 5) is 15.0. The highest BCUT2D eigenvalue weighted by Gasteiger charge is 2.28. The number of anilines is 1. The van der Waals surface area contributed by atoms with Crippen molar-refractivity contribution in [1.82, 2.24) is 15.1 Å². The highest BCUT2D eigenvalue weighted by atomic mass is 32.1. The van der Waals surface area contributed by atoms with Crippen LogP contribution in [-0.4, -0.2) is 34.8 Å². The van der Waals surface area contributed by atoms with E-state index in [1.54, 1.807) is 7.11 Å². The normalized spacial score (nSPS) is 18.1. The maximum Gasteiger partial charge on any atom is 0.324 e. The summed E-state index contributed by atoms with van der Waals surface area (Å²) in [5, 5.41) is 12.8. The van der Waals surface area contributed by atoms with Crippen molar-refractivity contribution in [2.45, 2.75) is 57.9 Å². The standard InChI is InChI=1S/C20H28N4O2S/c1-20(2,3)17-22-23-18(27-17)21-19(25)24-13-7-5-6-8-16(24)14-9-11-15(26-4)12-10-14/h9-12,16H,5-8,13H2,1-4H3,(H,21,23,25). The molecule has 1 aromatic carbocycles. The molecule has 146 valence electrons. The molecule has 1 unspecified atom stereocenters. The van der Waals surface area contributed by atoms with Crippen LogP contribution in [0.4, 0.5) is 9.93 Å². The van der Waals surface area contributed by atoms with Gasteiger partial charge in [0.25, 0.3) is 0 Å². The molecule has 27 heavy (non-hydrogen) atoms. The van der Waals surface area contributed by atoms with E-state index < -0.39 is 0 Å². The van der Waals surface area contributed by atoms with Crippen molar-refractivity contribution in [2.24, 2.45) is 0 Å². The van der Waals surface area contributed by atoms with Crippen LogP contribution >= 0.6 is 11.3 Å². The lowest BCUT2D eigenvalue weighted by Crippen LogP contribution is -2.38. The molecule has 2 heterocycles. The number of hydrogen-bond donors (Lipinski definition) is 1. The van der Waals surface area contributed by atoms with Crippen molar-refractivity contribution in [1.29, 1.82) is 0 Å². The maximum atomic E-state index is 13.0. The number of urea groups is 1. The van der Waals surface area contributed by atoms with Crippen molar-refractivity contribution >= 4 is 22.5 Å². The number of benzene rings is 1. The van der Waals surface area contributed by atoms with Crippen molar-refractivity contribution in [3.63, 3.8) is 0 Å². The Morgan fingerprint density at radius 1 is 1.19 bits per heavy atom. The Kier molecular flexibility index (Phi) is 5.99. The molecule has 1 aromatic heterocycles. The quantitative estimate of drug-likeness (QED) is 0.804. The van der Waals surface area contributed by atoms with Crippen LogP contribution in [0.5, 0.6) is 5.75 Å². The average molecular weight is 389 g/mol. The number of likely N-dealkylation sites (tertiary alicyclic amines) is 1.